The molecule has 0 aliphatic carbocycles. The summed E-state index contributed by atoms with van der Waals surface area (Å²) in [5.74, 6) is 1.79. The maximum absolute atomic E-state index is 12.4. The highest BCUT2D eigenvalue weighted by Crippen LogP contribution is 2.28. The number of nitrogens with zero attached hydrogens (tertiary/aromatic N) is 1. The summed E-state index contributed by atoms with van der Waals surface area (Å²) in [4.78, 5) is 12.4. The van der Waals surface area contributed by atoms with Crippen molar-refractivity contribution in [2.24, 2.45) is 5.10 Å². The Morgan fingerprint density at radius 1 is 0.871 bits per heavy atom. The second-order valence-corrected chi connectivity index (χ2v) is 6.45. The molecule has 7 heteroatoms. The summed E-state index contributed by atoms with van der Waals surface area (Å²) < 4.78 is 21.7. The summed E-state index contributed by atoms with van der Waals surface area (Å²) >= 11 is 0. The lowest BCUT2D eigenvalue weighted by Gasteiger charge is -2.11. The van der Waals surface area contributed by atoms with Crippen molar-refractivity contribution in [3.05, 3.63) is 83.4 Å². The molecule has 1 N–H and O–H groups in total. The number of hydrogen-bond donors (Lipinski definition) is 1. The summed E-state index contributed by atoms with van der Waals surface area (Å²) in [6.45, 7) is 0.435. The lowest BCUT2D eigenvalue weighted by Crippen LogP contribution is -2.18. The normalized spacial score (nSPS) is 10.5. The van der Waals surface area contributed by atoms with Crippen LogP contribution in [0.1, 0.15) is 21.5 Å². The molecule has 3 aromatic carbocycles. The van der Waals surface area contributed by atoms with Gasteiger partial charge in [-0.1, -0.05) is 30.3 Å². The van der Waals surface area contributed by atoms with Crippen LogP contribution in [0.3, 0.4) is 0 Å². The highest BCUT2D eigenvalue weighted by Gasteiger charge is 2.12. The van der Waals surface area contributed by atoms with Gasteiger partial charge in [-0.15, -0.1) is 0 Å². The third kappa shape index (κ3) is 5.76. The zero-order valence-corrected chi connectivity index (χ0v) is 17.6. The largest absolute Gasteiger partial charge is 0.497 e. The van der Waals surface area contributed by atoms with Gasteiger partial charge in [-0.2, -0.15) is 5.10 Å². The number of hydrazone groups is 1. The fourth-order valence-electron chi connectivity index (χ4n) is 2.83. The first kappa shape index (κ1) is 21.7. The molecule has 0 spiro atoms. The van der Waals surface area contributed by atoms with Crippen LogP contribution in [0, 0.1) is 0 Å². The SMILES string of the molecule is COc1ccc(C(=O)N/N=C\c2ccc(OCc3ccccc3)c(OC)c2)c(OC)c1. The van der Waals surface area contributed by atoms with E-state index < -0.39 is 5.91 Å². The Labute approximate surface area is 181 Å². The molecule has 160 valence electrons. The van der Waals surface area contributed by atoms with Gasteiger partial charge in [0.25, 0.3) is 5.91 Å². The Balaban J connectivity index is 1.65. The maximum Gasteiger partial charge on any atom is 0.275 e. The molecule has 0 atom stereocenters. The standard InChI is InChI=1S/C24H24N2O5/c1-28-19-10-11-20(22(14-19)29-2)24(27)26-25-15-18-9-12-21(23(13-18)30-3)31-16-17-7-5-4-6-8-17/h4-15H,16H2,1-3H3,(H,26,27)/b25-15-. The topological polar surface area (TPSA) is 78.4 Å². The number of amides is 1. The highest BCUT2D eigenvalue weighted by molar-refractivity contribution is 5.97. The van der Waals surface area contributed by atoms with Crippen molar-refractivity contribution in [1.29, 1.82) is 0 Å². The van der Waals surface area contributed by atoms with Crippen LogP contribution in [0.4, 0.5) is 0 Å². The molecule has 0 bridgehead atoms. The highest BCUT2D eigenvalue weighted by atomic mass is 16.5. The summed E-state index contributed by atoms with van der Waals surface area (Å²) in [7, 11) is 4.61. The molecule has 1 amide bonds. The molecular weight excluding hydrogens is 396 g/mol. The van der Waals surface area contributed by atoms with E-state index in [4.69, 9.17) is 18.9 Å². The number of hydrogen-bond acceptors (Lipinski definition) is 6. The molecule has 0 heterocycles. The van der Waals surface area contributed by atoms with Crippen LogP contribution in [0.5, 0.6) is 23.0 Å². The van der Waals surface area contributed by atoms with Crippen molar-refractivity contribution < 1.29 is 23.7 Å². The summed E-state index contributed by atoms with van der Waals surface area (Å²) in [6.07, 6.45) is 1.53. The quantitative estimate of drug-likeness (QED) is 0.417. The molecule has 3 aromatic rings. The Morgan fingerprint density at radius 3 is 2.35 bits per heavy atom. The van der Waals surface area contributed by atoms with E-state index >= 15 is 0 Å². The zero-order chi connectivity index (χ0) is 22.1. The lowest BCUT2D eigenvalue weighted by atomic mass is 10.2. The molecule has 7 nitrogen and oxygen atoms in total. The van der Waals surface area contributed by atoms with Gasteiger partial charge in [0.2, 0.25) is 0 Å². The van der Waals surface area contributed by atoms with E-state index in [1.165, 1.54) is 13.3 Å². The number of carbonyl (C=O) groups is 1. The average molecular weight is 420 g/mol. The van der Waals surface area contributed by atoms with Gasteiger partial charge in [0.1, 0.15) is 18.1 Å². The molecule has 0 saturated carbocycles. The Kier molecular flexibility index (Phi) is 7.48. The number of methoxy groups -OCH3 is 3. The minimum atomic E-state index is -0.398. The average Bonchev–Trinajstić information content (AvgIpc) is 2.83. The van der Waals surface area contributed by atoms with E-state index in [2.05, 4.69) is 10.5 Å². The van der Waals surface area contributed by atoms with Crippen LogP contribution in [0.2, 0.25) is 0 Å². The molecule has 0 aliphatic heterocycles. The maximum atomic E-state index is 12.4. The number of rotatable bonds is 9. The first-order chi connectivity index (χ1) is 15.1. The van der Waals surface area contributed by atoms with Crippen LogP contribution in [0.15, 0.2) is 71.8 Å². The molecule has 0 saturated heterocycles. The fourth-order valence-corrected chi connectivity index (χ4v) is 2.83. The number of ether oxygens (including phenoxy) is 4. The molecule has 0 radical (unpaired) electrons. The lowest BCUT2D eigenvalue weighted by molar-refractivity contribution is 0.0952. The van der Waals surface area contributed by atoms with Gasteiger partial charge in [-0.25, -0.2) is 5.43 Å². The van der Waals surface area contributed by atoms with Crippen molar-refractivity contribution in [2.45, 2.75) is 6.61 Å². The molecule has 0 aliphatic rings. The first-order valence-corrected chi connectivity index (χ1v) is 9.54. The third-order valence-electron chi connectivity index (χ3n) is 4.46. The van der Waals surface area contributed by atoms with Crippen LogP contribution in [-0.4, -0.2) is 33.5 Å². The summed E-state index contributed by atoms with van der Waals surface area (Å²) in [5.41, 5.74) is 4.65. The van der Waals surface area contributed by atoms with Crippen molar-refractivity contribution in [3.8, 4) is 23.0 Å². The Morgan fingerprint density at radius 2 is 1.65 bits per heavy atom. The van der Waals surface area contributed by atoms with Crippen LogP contribution < -0.4 is 24.4 Å². The molecule has 31 heavy (non-hydrogen) atoms. The smallest absolute Gasteiger partial charge is 0.275 e. The van der Waals surface area contributed by atoms with Crippen LogP contribution in [0.25, 0.3) is 0 Å². The van der Waals surface area contributed by atoms with Crippen molar-refractivity contribution in [2.75, 3.05) is 21.3 Å². The summed E-state index contributed by atoms with van der Waals surface area (Å²) in [6, 6.07) is 20.2. The molecular formula is C24H24N2O5. The van der Waals surface area contributed by atoms with E-state index in [0.717, 1.165) is 11.1 Å². The third-order valence-corrected chi connectivity index (χ3v) is 4.46. The predicted octanol–water partition coefficient (Wildman–Crippen LogP) is 4.06. The van der Waals surface area contributed by atoms with E-state index in [-0.39, 0.29) is 0 Å². The number of nitrogens with one attached hydrogen (secondary N) is 1. The monoisotopic (exact) mass is 420 g/mol. The van der Waals surface area contributed by atoms with Gasteiger partial charge in [0.05, 0.1) is 33.1 Å². The summed E-state index contributed by atoms with van der Waals surface area (Å²) in [5, 5.41) is 4.03. The Hall–Kier alpha value is -4.00. The van der Waals surface area contributed by atoms with E-state index in [1.54, 1.807) is 44.6 Å². The van der Waals surface area contributed by atoms with Gasteiger partial charge in [0.15, 0.2) is 11.5 Å². The van der Waals surface area contributed by atoms with Gasteiger partial charge >= 0.3 is 0 Å². The number of carbonyl (C=O) groups excluding carboxylic acids is 1. The first-order valence-electron chi connectivity index (χ1n) is 9.54. The fraction of sp³-hybridized carbons (Fsp3) is 0.167. The Bertz CT molecular complexity index is 1050. The predicted molar refractivity (Wildman–Crippen MR) is 118 cm³/mol. The minimum Gasteiger partial charge on any atom is -0.497 e. The number of benzene rings is 3. The van der Waals surface area contributed by atoms with E-state index in [9.17, 15) is 4.79 Å². The van der Waals surface area contributed by atoms with Crippen molar-refractivity contribution in [1.82, 2.24) is 5.43 Å². The second kappa shape index (κ2) is 10.7. The zero-order valence-electron chi connectivity index (χ0n) is 17.6. The van der Waals surface area contributed by atoms with Crippen molar-refractivity contribution >= 4 is 12.1 Å². The van der Waals surface area contributed by atoms with Crippen LogP contribution in [-0.2, 0) is 6.61 Å². The van der Waals surface area contributed by atoms with Gasteiger partial charge in [-0.3, -0.25) is 4.79 Å². The molecule has 0 aromatic heterocycles. The van der Waals surface area contributed by atoms with Crippen LogP contribution >= 0.6 is 0 Å². The minimum absolute atomic E-state index is 0.350. The second-order valence-electron chi connectivity index (χ2n) is 6.45. The van der Waals surface area contributed by atoms with Gasteiger partial charge in [0, 0.05) is 6.07 Å². The van der Waals surface area contributed by atoms with Crippen molar-refractivity contribution in [3.63, 3.8) is 0 Å². The molecule has 3 rings (SSSR count). The van der Waals surface area contributed by atoms with E-state index in [0.29, 0.717) is 35.2 Å². The van der Waals surface area contributed by atoms with E-state index in [1.807, 2.05) is 36.4 Å². The van der Waals surface area contributed by atoms with Gasteiger partial charge < -0.3 is 18.9 Å². The molecule has 0 fully saturated rings. The van der Waals surface area contributed by atoms with Gasteiger partial charge in [-0.05, 0) is 41.5 Å². The molecule has 0 unspecified atom stereocenters.